The van der Waals surface area contributed by atoms with Crippen LogP contribution in [0.2, 0.25) is 0 Å². The number of rotatable bonds is 6. The van der Waals surface area contributed by atoms with Gasteiger partial charge < -0.3 is 9.52 Å². The van der Waals surface area contributed by atoms with E-state index in [2.05, 4.69) is 35.3 Å². The summed E-state index contributed by atoms with van der Waals surface area (Å²) in [4.78, 5) is 10.4. The molecule has 0 aliphatic rings. The Hall–Kier alpha value is -2.17. The maximum atomic E-state index is 10.4. The number of benzene rings is 1. The van der Waals surface area contributed by atoms with Gasteiger partial charge in [0, 0.05) is 12.8 Å². The van der Waals surface area contributed by atoms with Gasteiger partial charge in [-0.05, 0) is 31.4 Å². The number of aromatic nitrogens is 2. The van der Waals surface area contributed by atoms with Gasteiger partial charge in [0.05, 0.1) is 6.42 Å². The summed E-state index contributed by atoms with van der Waals surface area (Å²) in [5.74, 6) is 0.274. The molecule has 1 aromatic heterocycles. The molecule has 0 radical (unpaired) electrons. The number of aryl methyl sites for hydroxylation is 3. The van der Waals surface area contributed by atoms with Crippen molar-refractivity contribution in [3.05, 3.63) is 46.7 Å². The molecule has 0 bridgehead atoms. The van der Waals surface area contributed by atoms with Crippen LogP contribution in [-0.2, 0) is 17.6 Å². The third-order valence-electron chi connectivity index (χ3n) is 3.14. The largest absolute Gasteiger partial charge is 0.481 e. The molecule has 20 heavy (non-hydrogen) atoms. The molecule has 5 heteroatoms. The van der Waals surface area contributed by atoms with Crippen LogP contribution >= 0.6 is 0 Å². The van der Waals surface area contributed by atoms with Crippen LogP contribution < -0.4 is 0 Å². The molecule has 2 rings (SSSR count). The van der Waals surface area contributed by atoms with Gasteiger partial charge in [-0.2, -0.15) is 0 Å². The second-order valence-electron chi connectivity index (χ2n) is 4.94. The fourth-order valence-electron chi connectivity index (χ4n) is 2.01. The van der Waals surface area contributed by atoms with Crippen LogP contribution in [0.1, 0.15) is 41.3 Å². The summed E-state index contributed by atoms with van der Waals surface area (Å²) >= 11 is 0. The lowest BCUT2D eigenvalue weighted by molar-refractivity contribution is -0.137. The van der Waals surface area contributed by atoms with E-state index in [-0.39, 0.29) is 6.42 Å². The minimum absolute atomic E-state index is 0.120. The number of carbonyl (C=O) groups is 1. The number of nitrogens with zero attached hydrogens (tertiary/aromatic N) is 2. The van der Waals surface area contributed by atoms with Gasteiger partial charge in [0.1, 0.15) is 0 Å². The summed E-state index contributed by atoms with van der Waals surface area (Å²) in [5, 5.41) is 16.5. The van der Waals surface area contributed by atoms with Crippen molar-refractivity contribution in [1.82, 2.24) is 10.2 Å². The van der Waals surface area contributed by atoms with Crippen molar-refractivity contribution >= 4 is 5.97 Å². The molecule has 0 aliphatic carbocycles. The van der Waals surface area contributed by atoms with Gasteiger partial charge >= 0.3 is 5.97 Å². The average molecular weight is 274 g/mol. The van der Waals surface area contributed by atoms with Gasteiger partial charge in [0.15, 0.2) is 0 Å². The predicted molar refractivity (Wildman–Crippen MR) is 73.6 cm³/mol. The van der Waals surface area contributed by atoms with Crippen molar-refractivity contribution in [2.24, 2.45) is 0 Å². The van der Waals surface area contributed by atoms with Gasteiger partial charge in [-0.25, -0.2) is 0 Å². The van der Waals surface area contributed by atoms with Gasteiger partial charge in [-0.1, -0.05) is 23.8 Å². The molecule has 1 aromatic carbocycles. The molecule has 0 saturated heterocycles. The molecule has 0 fully saturated rings. The fraction of sp³-hybridized carbons (Fsp3) is 0.400. The van der Waals surface area contributed by atoms with E-state index in [0.717, 1.165) is 0 Å². The minimum Gasteiger partial charge on any atom is -0.481 e. The Labute approximate surface area is 117 Å². The molecule has 2 aromatic rings. The van der Waals surface area contributed by atoms with Crippen LogP contribution in [0.25, 0.3) is 0 Å². The Kier molecular flexibility index (Phi) is 4.50. The van der Waals surface area contributed by atoms with Crippen molar-refractivity contribution in [2.45, 2.75) is 39.5 Å². The quantitative estimate of drug-likeness (QED) is 0.876. The van der Waals surface area contributed by atoms with Gasteiger partial charge in [0.25, 0.3) is 0 Å². The first-order chi connectivity index (χ1) is 9.54. The topological polar surface area (TPSA) is 76.2 Å². The van der Waals surface area contributed by atoms with E-state index in [1.54, 1.807) is 0 Å². The van der Waals surface area contributed by atoms with E-state index in [1.165, 1.54) is 16.7 Å². The molecule has 0 aliphatic heterocycles. The Bertz CT molecular complexity index is 605. The summed E-state index contributed by atoms with van der Waals surface area (Å²) < 4.78 is 5.55. The Morgan fingerprint density at radius 3 is 2.75 bits per heavy atom. The normalized spacial score (nSPS) is 10.7. The second-order valence-corrected chi connectivity index (χ2v) is 4.94. The van der Waals surface area contributed by atoms with Crippen LogP contribution in [0.3, 0.4) is 0 Å². The molecule has 0 atom stereocenters. The number of aliphatic carboxylic acids is 1. The molecule has 0 spiro atoms. The van der Waals surface area contributed by atoms with Crippen molar-refractivity contribution in [3.8, 4) is 0 Å². The molecule has 1 N–H and O–H groups in total. The van der Waals surface area contributed by atoms with E-state index >= 15 is 0 Å². The van der Waals surface area contributed by atoms with Crippen molar-refractivity contribution in [3.63, 3.8) is 0 Å². The third kappa shape index (κ3) is 3.91. The number of hydrogen-bond donors (Lipinski definition) is 1. The molecule has 0 unspecified atom stereocenters. The summed E-state index contributed by atoms with van der Waals surface area (Å²) in [5.41, 5.74) is 3.57. The van der Waals surface area contributed by atoms with Crippen molar-refractivity contribution in [2.75, 3.05) is 0 Å². The van der Waals surface area contributed by atoms with E-state index in [0.29, 0.717) is 31.0 Å². The van der Waals surface area contributed by atoms with E-state index in [9.17, 15) is 4.79 Å². The summed E-state index contributed by atoms with van der Waals surface area (Å²) in [6, 6.07) is 6.27. The predicted octanol–water partition coefficient (Wildman–Crippen LogP) is 2.68. The second kappa shape index (κ2) is 6.32. The first-order valence-electron chi connectivity index (χ1n) is 6.64. The number of carboxylic acid groups (broad SMARTS) is 1. The van der Waals surface area contributed by atoms with Crippen molar-refractivity contribution < 1.29 is 14.3 Å². The van der Waals surface area contributed by atoms with E-state index in [1.807, 2.05) is 6.92 Å². The molecule has 5 nitrogen and oxygen atoms in total. The van der Waals surface area contributed by atoms with E-state index in [4.69, 9.17) is 9.52 Å². The zero-order chi connectivity index (χ0) is 14.5. The lowest BCUT2D eigenvalue weighted by Gasteiger charge is -2.03. The smallest absolute Gasteiger partial charge is 0.303 e. The fourth-order valence-corrected chi connectivity index (χ4v) is 2.01. The van der Waals surface area contributed by atoms with Gasteiger partial charge in [-0.3, -0.25) is 4.79 Å². The summed E-state index contributed by atoms with van der Waals surface area (Å²) in [6.07, 6.45) is 1.75. The molecule has 106 valence electrons. The SMILES string of the molecule is Cc1ccc(C)c(Cc2nnc(CCCC(=O)O)o2)c1. The van der Waals surface area contributed by atoms with Crippen LogP contribution in [0.15, 0.2) is 22.6 Å². The number of hydrogen-bond acceptors (Lipinski definition) is 4. The Balaban J connectivity index is 1.98. The molecule has 0 saturated carbocycles. The third-order valence-corrected chi connectivity index (χ3v) is 3.14. The first kappa shape index (κ1) is 14.2. The van der Waals surface area contributed by atoms with Crippen LogP contribution in [0, 0.1) is 13.8 Å². The van der Waals surface area contributed by atoms with E-state index < -0.39 is 5.97 Å². The lowest BCUT2D eigenvalue weighted by atomic mass is 10.0. The van der Waals surface area contributed by atoms with Crippen molar-refractivity contribution in [1.29, 1.82) is 0 Å². The highest BCUT2D eigenvalue weighted by Gasteiger charge is 2.09. The number of carboxylic acids is 1. The highest BCUT2D eigenvalue weighted by molar-refractivity contribution is 5.66. The Morgan fingerprint density at radius 1 is 1.25 bits per heavy atom. The van der Waals surface area contributed by atoms with Crippen LogP contribution in [0.4, 0.5) is 0 Å². The first-order valence-corrected chi connectivity index (χ1v) is 6.64. The highest BCUT2D eigenvalue weighted by atomic mass is 16.4. The lowest BCUT2D eigenvalue weighted by Crippen LogP contribution is -1.95. The molecule has 0 amide bonds. The maximum Gasteiger partial charge on any atom is 0.303 e. The van der Waals surface area contributed by atoms with Crippen LogP contribution in [0.5, 0.6) is 0 Å². The van der Waals surface area contributed by atoms with Crippen LogP contribution in [-0.4, -0.2) is 21.3 Å². The zero-order valence-corrected chi connectivity index (χ0v) is 11.7. The van der Waals surface area contributed by atoms with Gasteiger partial charge in [-0.15, -0.1) is 10.2 Å². The molecule has 1 heterocycles. The molecular weight excluding hydrogens is 256 g/mol. The maximum absolute atomic E-state index is 10.4. The molecular formula is C15H18N2O3. The Morgan fingerprint density at radius 2 is 2.00 bits per heavy atom. The van der Waals surface area contributed by atoms with Gasteiger partial charge in [0.2, 0.25) is 11.8 Å². The average Bonchev–Trinajstić information content (AvgIpc) is 2.81. The summed E-state index contributed by atoms with van der Waals surface area (Å²) in [6.45, 7) is 4.10. The minimum atomic E-state index is -0.805. The highest BCUT2D eigenvalue weighted by Crippen LogP contribution is 2.15. The monoisotopic (exact) mass is 274 g/mol. The standard InChI is InChI=1S/C15H18N2O3/c1-10-6-7-11(2)12(8-10)9-14-17-16-13(20-14)4-3-5-15(18)19/h6-8H,3-5,9H2,1-2H3,(H,18,19). The zero-order valence-electron chi connectivity index (χ0n) is 11.7. The summed E-state index contributed by atoms with van der Waals surface area (Å²) in [7, 11) is 0.